The van der Waals surface area contributed by atoms with Crippen LogP contribution in [0.3, 0.4) is 0 Å². The maximum Gasteiger partial charge on any atom is 0.257 e. The molecular weight excluding hydrogens is 218 g/mol. The van der Waals surface area contributed by atoms with Crippen LogP contribution in [0, 0.1) is 0 Å². The molecule has 1 unspecified atom stereocenters. The van der Waals surface area contributed by atoms with E-state index in [1.165, 1.54) is 38.5 Å². The first-order valence-corrected chi connectivity index (χ1v) is 6.41. The molecule has 5 heteroatoms. The molecule has 1 atom stereocenters. The van der Waals surface area contributed by atoms with Crippen molar-refractivity contribution in [3.8, 4) is 0 Å². The van der Waals surface area contributed by atoms with Gasteiger partial charge < -0.3 is 15.0 Å². The van der Waals surface area contributed by atoms with Crippen molar-refractivity contribution in [2.24, 2.45) is 5.73 Å². The molecule has 0 aliphatic heterocycles. The molecule has 17 heavy (non-hydrogen) atoms. The zero-order valence-corrected chi connectivity index (χ0v) is 10.4. The van der Waals surface area contributed by atoms with Gasteiger partial charge in [0.05, 0.1) is 0 Å². The molecule has 0 radical (unpaired) electrons. The monoisotopic (exact) mass is 239 g/mol. The maximum absolute atomic E-state index is 5.58. The molecule has 5 nitrogen and oxygen atoms in total. The minimum atomic E-state index is -0.276. The standard InChI is InChI=1S/C12H21N3O2/c1-16-10(8-13)12-14-11(15-17-12)9-6-4-2-3-5-7-9/h9-10H,2-8,13H2,1H3. The third kappa shape index (κ3) is 3.04. The summed E-state index contributed by atoms with van der Waals surface area (Å²) in [5.74, 6) is 1.79. The van der Waals surface area contributed by atoms with Gasteiger partial charge >= 0.3 is 0 Å². The van der Waals surface area contributed by atoms with Gasteiger partial charge in [0.2, 0.25) is 0 Å². The SMILES string of the molecule is COC(CN)c1nc(C2CCCCCC2)no1. The first-order chi connectivity index (χ1) is 8.35. The smallest absolute Gasteiger partial charge is 0.257 e. The Bertz CT molecular complexity index is 328. The summed E-state index contributed by atoms with van der Waals surface area (Å²) in [6.07, 6.45) is 7.23. The molecule has 96 valence electrons. The minimum absolute atomic E-state index is 0.276. The zero-order chi connectivity index (χ0) is 12.1. The summed E-state index contributed by atoms with van der Waals surface area (Å²) in [6, 6.07) is 0. The predicted molar refractivity (Wildman–Crippen MR) is 63.5 cm³/mol. The fourth-order valence-electron chi connectivity index (χ4n) is 2.38. The normalized spacial score (nSPS) is 20.1. The summed E-state index contributed by atoms with van der Waals surface area (Å²) in [6.45, 7) is 0.364. The Labute approximate surface area is 102 Å². The van der Waals surface area contributed by atoms with Crippen LogP contribution in [-0.2, 0) is 4.74 Å². The lowest BCUT2D eigenvalue weighted by Crippen LogP contribution is -2.14. The van der Waals surface area contributed by atoms with Crippen LogP contribution in [0.1, 0.15) is 62.3 Å². The average Bonchev–Trinajstić information content (AvgIpc) is 2.67. The second-order valence-corrected chi connectivity index (χ2v) is 4.64. The Balaban J connectivity index is 2.05. The molecule has 0 saturated heterocycles. The number of ether oxygens (including phenoxy) is 1. The van der Waals surface area contributed by atoms with E-state index < -0.39 is 0 Å². The average molecular weight is 239 g/mol. The van der Waals surface area contributed by atoms with E-state index in [1.54, 1.807) is 7.11 Å². The minimum Gasteiger partial charge on any atom is -0.370 e. The van der Waals surface area contributed by atoms with Crippen molar-refractivity contribution < 1.29 is 9.26 Å². The molecule has 2 N–H and O–H groups in total. The fourth-order valence-corrected chi connectivity index (χ4v) is 2.38. The van der Waals surface area contributed by atoms with Crippen molar-refractivity contribution in [1.82, 2.24) is 10.1 Å². The molecule has 1 aliphatic rings. The van der Waals surface area contributed by atoms with E-state index in [0.717, 1.165) is 5.82 Å². The van der Waals surface area contributed by atoms with Crippen molar-refractivity contribution in [2.45, 2.75) is 50.5 Å². The molecule has 1 aromatic rings. The van der Waals surface area contributed by atoms with Gasteiger partial charge in [-0.2, -0.15) is 4.98 Å². The molecule has 1 fully saturated rings. The summed E-state index contributed by atoms with van der Waals surface area (Å²) >= 11 is 0. The van der Waals surface area contributed by atoms with Gasteiger partial charge in [0.25, 0.3) is 5.89 Å². The largest absolute Gasteiger partial charge is 0.370 e. The first-order valence-electron chi connectivity index (χ1n) is 6.41. The van der Waals surface area contributed by atoms with Crippen LogP contribution in [0.2, 0.25) is 0 Å². The van der Waals surface area contributed by atoms with Crippen LogP contribution in [-0.4, -0.2) is 23.8 Å². The lowest BCUT2D eigenvalue weighted by Gasteiger charge is -2.08. The molecular formula is C12H21N3O2. The maximum atomic E-state index is 5.58. The van der Waals surface area contributed by atoms with E-state index in [-0.39, 0.29) is 6.10 Å². The second kappa shape index (κ2) is 6.12. The van der Waals surface area contributed by atoms with E-state index in [9.17, 15) is 0 Å². The van der Waals surface area contributed by atoms with Crippen LogP contribution in [0.4, 0.5) is 0 Å². The van der Waals surface area contributed by atoms with E-state index >= 15 is 0 Å². The van der Waals surface area contributed by atoms with Crippen molar-refractivity contribution in [3.63, 3.8) is 0 Å². The number of hydrogen-bond acceptors (Lipinski definition) is 5. The Kier molecular flexibility index (Phi) is 4.50. The molecule has 1 saturated carbocycles. The molecule has 0 aromatic carbocycles. The molecule has 1 aromatic heterocycles. The van der Waals surface area contributed by atoms with Crippen molar-refractivity contribution in [2.75, 3.05) is 13.7 Å². The number of aromatic nitrogens is 2. The highest BCUT2D eigenvalue weighted by Gasteiger charge is 2.22. The Morgan fingerprint density at radius 1 is 1.35 bits per heavy atom. The van der Waals surface area contributed by atoms with Gasteiger partial charge in [0.15, 0.2) is 5.82 Å². The second-order valence-electron chi connectivity index (χ2n) is 4.64. The van der Waals surface area contributed by atoms with E-state index in [4.69, 9.17) is 15.0 Å². The topological polar surface area (TPSA) is 74.2 Å². The zero-order valence-electron chi connectivity index (χ0n) is 10.4. The summed E-state index contributed by atoms with van der Waals surface area (Å²) in [5.41, 5.74) is 5.58. The van der Waals surface area contributed by atoms with Crippen LogP contribution >= 0.6 is 0 Å². The third-order valence-electron chi connectivity index (χ3n) is 3.45. The van der Waals surface area contributed by atoms with Crippen LogP contribution < -0.4 is 5.73 Å². The number of nitrogens with zero attached hydrogens (tertiary/aromatic N) is 2. The van der Waals surface area contributed by atoms with Crippen molar-refractivity contribution in [3.05, 3.63) is 11.7 Å². The van der Waals surface area contributed by atoms with E-state index in [0.29, 0.717) is 18.4 Å². The molecule has 1 heterocycles. The van der Waals surface area contributed by atoms with Crippen molar-refractivity contribution >= 4 is 0 Å². The lowest BCUT2D eigenvalue weighted by molar-refractivity contribution is 0.0803. The van der Waals surface area contributed by atoms with Gasteiger partial charge in [-0.05, 0) is 12.8 Å². The first kappa shape index (κ1) is 12.5. The summed E-state index contributed by atoms with van der Waals surface area (Å²) < 4.78 is 10.4. The van der Waals surface area contributed by atoms with Gasteiger partial charge in [-0.1, -0.05) is 30.8 Å². The van der Waals surface area contributed by atoms with Crippen LogP contribution in [0.25, 0.3) is 0 Å². The van der Waals surface area contributed by atoms with Gasteiger partial charge in [0, 0.05) is 19.6 Å². The molecule has 1 aliphatic carbocycles. The Morgan fingerprint density at radius 3 is 2.65 bits per heavy atom. The van der Waals surface area contributed by atoms with Gasteiger partial charge in [-0.25, -0.2) is 0 Å². The predicted octanol–water partition coefficient (Wildman–Crippen LogP) is 2.15. The molecule has 0 bridgehead atoms. The number of nitrogens with two attached hydrogens (primary N) is 1. The van der Waals surface area contributed by atoms with Crippen LogP contribution in [0.15, 0.2) is 4.52 Å². The number of methoxy groups -OCH3 is 1. The number of hydrogen-bond donors (Lipinski definition) is 1. The van der Waals surface area contributed by atoms with Gasteiger partial charge in [-0.15, -0.1) is 0 Å². The fraction of sp³-hybridized carbons (Fsp3) is 0.833. The summed E-state index contributed by atoms with van der Waals surface area (Å²) in [5, 5.41) is 4.08. The van der Waals surface area contributed by atoms with Crippen LogP contribution in [0.5, 0.6) is 0 Å². The quantitative estimate of drug-likeness (QED) is 0.815. The highest BCUT2D eigenvalue weighted by Crippen LogP contribution is 2.30. The summed E-state index contributed by atoms with van der Waals surface area (Å²) in [4.78, 5) is 4.43. The van der Waals surface area contributed by atoms with Gasteiger partial charge in [0.1, 0.15) is 6.10 Å². The Morgan fingerprint density at radius 2 is 2.06 bits per heavy atom. The van der Waals surface area contributed by atoms with E-state index in [1.807, 2.05) is 0 Å². The van der Waals surface area contributed by atoms with Crippen molar-refractivity contribution in [1.29, 1.82) is 0 Å². The highest BCUT2D eigenvalue weighted by molar-refractivity contribution is 4.98. The van der Waals surface area contributed by atoms with Gasteiger partial charge in [-0.3, -0.25) is 0 Å². The molecule has 0 spiro atoms. The highest BCUT2D eigenvalue weighted by atomic mass is 16.5. The molecule has 2 rings (SSSR count). The summed E-state index contributed by atoms with van der Waals surface area (Å²) in [7, 11) is 1.60. The number of rotatable bonds is 4. The third-order valence-corrected chi connectivity index (χ3v) is 3.45. The molecule has 0 amide bonds. The Hall–Kier alpha value is -0.940. The van der Waals surface area contributed by atoms with E-state index in [2.05, 4.69) is 10.1 Å². The lowest BCUT2D eigenvalue weighted by atomic mass is 10.00.